The molecule has 4 atom stereocenters. The first kappa shape index (κ1) is 13.9. The Kier molecular flexibility index (Phi) is 3.38. The molecule has 6 N–H and O–H groups in total. The summed E-state index contributed by atoms with van der Waals surface area (Å²) >= 11 is 0. The first-order valence-corrected chi connectivity index (χ1v) is 6.66. The number of alkyl halides is 1. The Bertz CT molecular complexity index is 964. The molecule has 1 fully saturated rings. The minimum atomic E-state index is -3.06. The van der Waals surface area contributed by atoms with Gasteiger partial charge < -0.3 is 25.8 Å². The van der Waals surface area contributed by atoms with Gasteiger partial charge in [-0.15, -0.1) is 0 Å². The largest absolute Gasteiger partial charge is 0.394 e. The van der Waals surface area contributed by atoms with Gasteiger partial charge in [-0.05, 0) is 0 Å². The molecule has 0 aliphatic carbocycles. The number of H-pyrrole nitrogens is 1. The normalized spacial score (nSPS) is 31.4. The standard InChI is InChI=1S/C13H14FN5O5/c14-3-1-2-13(23)8(21)6(4-20)24-11(13)19-5-16-7-9(19)17-12(15)18-10(7)22/h5-6,8,11,20-21,23H,3-4H2,(H3,15,17,18,22)/t6-,8+,11-,13?/m1/s1/i4D2. The van der Waals surface area contributed by atoms with Gasteiger partial charge in [0, 0.05) is 0 Å². The van der Waals surface area contributed by atoms with Crippen LogP contribution in [0, 0.1) is 11.8 Å². The maximum Gasteiger partial charge on any atom is 0.280 e. The van der Waals surface area contributed by atoms with Gasteiger partial charge in [0.25, 0.3) is 5.56 Å². The number of aromatic nitrogens is 4. The van der Waals surface area contributed by atoms with E-state index in [9.17, 15) is 24.5 Å². The van der Waals surface area contributed by atoms with Crippen LogP contribution in [-0.4, -0.2) is 65.9 Å². The van der Waals surface area contributed by atoms with Crippen LogP contribution in [0.5, 0.6) is 0 Å². The third-order valence-corrected chi connectivity index (χ3v) is 3.58. The highest BCUT2D eigenvalue weighted by atomic mass is 19.1. The number of aromatic amines is 1. The van der Waals surface area contributed by atoms with Gasteiger partial charge in [-0.3, -0.25) is 14.3 Å². The minimum absolute atomic E-state index is 0.150. The number of aliphatic hydroxyl groups is 3. The number of nitrogen functional groups attached to an aromatic ring is 1. The van der Waals surface area contributed by atoms with E-state index in [4.69, 9.17) is 13.2 Å². The molecule has 3 rings (SSSR count). The van der Waals surface area contributed by atoms with E-state index in [0.29, 0.717) is 0 Å². The van der Waals surface area contributed by atoms with Gasteiger partial charge in [-0.1, -0.05) is 11.8 Å². The van der Waals surface area contributed by atoms with Crippen molar-refractivity contribution in [2.45, 2.75) is 24.0 Å². The molecule has 24 heavy (non-hydrogen) atoms. The zero-order valence-corrected chi connectivity index (χ0v) is 12.0. The molecule has 0 bridgehead atoms. The molecule has 3 heterocycles. The highest BCUT2D eigenvalue weighted by molar-refractivity contribution is 5.70. The molecule has 0 spiro atoms. The molecule has 2 aromatic rings. The number of nitrogens with one attached hydrogen (secondary N) is 1. The zero-order valence-electron chi connectivity index (χ0n) is 14.0. The van der Waals surface area contributed by atoms with Gasteiger partial charge in [0.15, 0.2) is 23.0 Å². The number of fused-ring (bicyclic) bond motifs is 1. The van der Waals surface area contributed by atoms with Crippen LogP contribution in [-0.2, 0) is 4.74 Å². The van der Waals surface area contributed by atoms with Crippen LogP contribution in [0.3, 0.4) is 0 Å². The maximum atomic E-state index is 12.5. The van der Waals surface area contributed by atoms with Gasteiger partial charge in [0.05, 0.1) is 15.6 Å². The van der Waals surface area contributed by atoms with E-state index in [1.165, 1.54) is 0 Å². The number of anilines is 1. The average Bonchev–Trinajstić information content (AvgIpc) is 3.05. The first-order valence-electron chi connectivity index (χ1n) is 7.66. The summed E-state index contributed by atoms with van der Waals surface area (Å²) < 4.78 is 33.4. The number of nitrogens with two attached hydrogens (primary N) is 1. The lowest BCUT2D eigenvalue weighted by Crippen LogP contribution is -2.46. The first-order chi connectivity index (χ1) is 12.1. The highest BCUT2D eigenvalue weighted by Crippen LogP contribution is 2.39. The molecule has 128 valence electrons. The Labute approximate surface area is 136 Å². The number of ether oxygens (including phenoxy) is 1. The van der Waals surface area contributed by atoms with Crippen LogP contribution >= 0.6 is 0 Å². The Morgan fingerprint density at radius 1 is 1.67 bits per heavy atom. The molecule has 1 aliphatic heterocycles. The highest BCUT2D eigenvalue weighted by Gasteiger charge is 2.56. The van der Waals surface area contributed by atoms with Crippen molar-refractivity contribution in [2.75, 3.05) is 19.0 Å². The van der Waals surface area contributed by atoms with Crippen molar-refractivity contribution in [3.63, 3.8) is 0 Å². The summed E-state index contributed by atoms with van der Waals surface area (Å²) in [6.45, 7) is -4.21. The maximum absolute atomic E-state index is 12.5. The Morgan fingerprint density at radius 2 is 2.42 bits per heavy atom. The van der Waals surface area contributed by atoms with E-state index < -0.39 is 42.8 Å². The minimum Gasteiger partial charge on any atom is -0.394 e. The smallest absolute Gasteiger partial charge is 0.280 e. The molecule has 0 amide bonds. The number of hydrogen-bond acceptors (Lipinski definition) is 8. The SMILES string of the molecule is [2H]C([2H])(O)[C@H]1O[C@@H](n2cnc3c(=O)[nH]c(N)nc32)C(O)(C#CCF)[C@H]1O. The Morgan fingerprint density at radius 3 is 3.08 bits per heavy atom. The molecule has 1 saturated heterocycles. The summed E-state index contributed by atoms with van der Waals surface area (Å²) in [6, 6.07) is 0. The van der Waals surface area contributed by atoms with Crippen LogP contribution in [0.4, 0.5) is 10.3 Å². The molecule has 11 heteroatoms. The fourth-order valence-corrected chi connectivity index (χ4v) is 2.50. The van der Waals surface area contributed by atoms with E-state index in [0.717, 1.165) is 10.9 Å². The monoisotopic (exact) mass is 341 g/mol. The summed E-state index contributed by atoms with van der Waals surface area (Å²) in [5, 5.41) is 30.6. The number of aliphatic hydroxyl groups excluding tert-OH is 1. The van der Waals surface area contributed by atoms with Gasteiger partial charge in [0.2, 0.25) is 5.95 Å². The fraction of sp³-hybridized carbons (Fsp3) is 0.462. The van der Waals surface area contributed by atoms with Crippen molar-refractivity contribution in [3.05, 3.63) is 16.7 Å². The van der Waals surface area contributed by atoms with Gasteiger partial charge >= 0.3 is 0 Å². The number of imidazole rings is 1. The predicted molar refractivity (Wildman–Crippen MR) is 78.3 cm³/mol. The molecule has 2 aromatic heterocycles. The van der Waals surface area contributed by atoms with E-state index in [-0.39, 0.29) is 17.1 Å². The molecule has 1 unspecified atom stereocenters. The molecule has 0 radical (unpaired) electrons. The number of hydrogen-bond donors (Lipinski definition) is 5. The Hall–Kier alpha value is -2.52. The van der Waals surface area contributed by atoms with E-state index >= 15 is 0 Å². The molecular weight excluding hydrogens is 325 g/mol. The van der Waals surface area contributed by atoms with Gasteiger partial charge in [-0.25, -0.2) is 9.37 Å². The molecule has 0 aromatic carbocycles. The summed E-state index contributed by atoms with van der Waals surface area (Å²) in [5.74, 6) is 3.75. The molecule has 10 nitrogen and oxygen atoms in total. The van der Waals surface area contributed by atoms with Gasteiger partial charge in [-0.2, -0.15) is 4.98 Å². The predicted octanol–water partition coefficient (Wildman–Crippen LogP) is -2.34. The summed E-state index contributed by atoms with van der Waals surface area (Å²) in [4.78, 5) is 21.8. The van der Waals surface area contributed by atoms with E-state index in [1.807, 2.05) is 5.92 Å². The third-order valence-electron chi connectivity index (χ3n) is 3.58. The topological polar surface area (TPSA) is 160 Å². The Balaban J connectivity index is 2.20. The van der Waals surface area contributed by atoms with Crippen LogP contribution in [0.25, 0.3) is 11.2 Å². The summed E-state index contributed by atoms with van der Waals surface area (Å²) in [7, 11) is 0. The quantitative estimate of drug-likeness (QED) is 0.380. The summed E-state index contributed by atoms with van der Waals surface area (Å²) in [5.41, 5.74) is 1.95. The van der Waals surface area contributed by atoms with Gasteiger partial charge in [0.1, 0.15) is 18.9 Å². The van der Waals surface area contributed by atoms with Crippen LogP contribution in [0.1, 0.15) is 8.97 Å². The zero-order chi connectivity index (χ0) is 19.3. The van der Waals surface area contributed by atoms with Crippen molar-refractivity contribution in [3.8, 4) is 11.8 Å². The number of nitrogens with zero attached hydrogens (tertiary/aromatic N) is 3. The van der Waals surface area contributed by atoms with Crippen molar-refractivity contribution >= 4 is 17.1 Å². The number of rotatable bonds is 2. The van der Waals surface area contributed by atoms with E-state index in [2.05, 4.69) is 20.9 Å². The average molecular weight is 341 g/mol. The second kappa shape index (κ2) is 5.84. The van der Waals surface area contributed by atoms with Crippen molar-refractivity contribution in [1.82, 2.24) is 19.5 Å². The van der Waals surface area contributed by atoms with Crippen molar-refractivity contribution < 1.29 is 27.2 Å². The summed E-state index contributed by atoms with van der Waals surface area (Å²) in [6.07, 6.45) is -4.62. The lowest BCUT2D eigenvalue weighted by atomic mass is 9.94. The van der Waals surface area contributed by atoms with Crippen LogP contribution in [0.15, 0.2) is 11.1 Å². The lowest BCUT2D eigenvalue weighted by Gasteiger charge is -2.26. The molecule has 1 aliphatic rings. The second-order valence-electron chi connectivity index (χ2n) is 5.02. The van der Waals surface area contributed by atoms with E-state index in [1.54, 1.807) is 0 Å². The van der Waals surface area contributed by atoms with Crippen LogP contribution < -0.4 is 11.3 Å². The molecule has 0 saturated carbocycles. The third kappa shape index (κ3) is 2.33. The van der Waals surface area contributed by atoms with Crippen LogP contribution in [0.2, 0.25) is 0 Å². The number of halogens is 1. The fourth-order valence-electron chi connectivity index (χ4n) is 2.50. The molecular formula is C13H14FN5O5. The van der Waals surface area contributed by atoms with Crippen molar-refractivity contribution in [1.29, 1.82) is 0 Å². The second-order valence-corrected chi connectivity index (χ2v) is 5.02. The lowest BCUT2D eigenvalue weighted by molar-refractivity contribution is -0.0722. The van der Waals surface area contributed by atoms with Crippen molar-refractivity contribution in [2.24, 2.45) is 0 Å².